The zero-order chi connectivity index (χ0) is 17.2. The summed E-state index contributed by atoms with van der Waals surface area (Å²) < 4.78 is 0. The van der Waals surface area contributed by atoms with E-state index < -0.39 is 0 Å². The van der Waals surface area contributed by atoms with E-state index in [4.69, 9.17) is 0 Å². The molecular weight excluding hydrogens is 282 g/mol. The quantitative estimate of drug-likeness (QED) is 0.299. The largest absolute Gasteiger partial charge is 0.356 e. The molecule has 0 saturated heterocycles. The Labute approximate surface area is 146 Å². The summed E-state index contributed by atoms with van der Waals surface area (Å²) in [6.45, 7) is 7.55. The van der Waals surface area contributed by atoms with Gasteiger partial charge in [-0.1, -0.05) is 97.8 Å². The minimum absolute atomic E-state index is 0.264. The summed E-state index contributed by atoms with van der Waals surface area (Å²) in [4.78, 5) is 12.4. The molecule has 0 aliphatic rings. The maximum atomic E-state index is 12.4. The zero-order valence-electron chi connectivity index (χ0n) is 16.3. The zero-order valence-corrected chi connectivity index (χ0v) is 16.3. The normalized spacial score (nSPS) is 12.3. The molecule has 23 heavy (non-hydrogen) atoms. The van der Waals surface area contributed by atoms with Gasteiger partial charge in [-0.3, -0.25) is 4.79 Å². The Kier molecular flexibility index (Phi) is 17.4. The highest BCUT2D eigenvalue weighted by molar-refractivity contribution is 5.78. The highest BCUT2D eigenvalue weighted by atomic mass is 16.1. The molecule has 0 saturated carbocycles. The van der Waals surface area contributed by atoms with Gasteiger partial charge in [0.25, 0.3) is 0 Å². The second-order valence-electron chi connectivity index (χ2n) is 7.10. The molecule has 0 aliphatic heterocycles. The fourth-order valence-electron chi connectivity index (χ4n) is 3.10. The molecule has 1 atom stereocenters. The van der Waals surface area contributed by atoms with Gasteiger partial charge in [-0.15, -0.1) is 0 Å². The minimum atomic E-state index is 0.264. The van der Waals surface area contributed by atoms with Crippen molar-refractivity contribution in [3.63, 3.8) is 0 Å². The Morgan fingerprint density at radius 2 is 1.09 bits per heavy atom. The lowest BCUT2D eigenvalue weighted by Crippen LogP contribution is -2.31. The first-order valence-corrected chi connectivity index (χ1v) is 10.5. The van der Waals surface area contributed by atoms with Crippen LogP contribution in [0.3, 0.4) is 0 Å². The van der Waals surface area contributed by atoms with Gasteiger partial charge in [-0.05, 0) is 19.3 Å². The van der Waals surface area contributed by atoms with E-state index in [1.54, 1.807) is 0 Å². The highest BCUT2D eigenvalue weighted by Gasteiger charge is 2.17. The summed E-state index contributed by atoms with van der Waals surface area (Å²) in [5.41, 5.74) is 0. The van der Waals surface area contributed by atoms with E-state index in [2.05, 4.69) is 26.1 Å². The number of nitrogens with one attached hydrogen (secondary N) is 1. The average molecular weight is 326 g/mol. The molecule has 0 spiro atoms. The third kappa shape index (κ3) is 14.8. The molecular formula is C21H43NO. The molecule has 0 fully saturated rings. The molecule has 0 rings (SSSR count). The van der Waals surface area contributed by atoms with Crippen molar-refractivity contribution in [2.24, 2.45) is 5.92 Å². The van der Waals surface area contributed by atoms with Gasteiger partial charge >= 0.3 is 0 Å². The number of carbonyl (C=O) groups is 1. The Hall–Kier alpha value is -0.530. The van der Waals surface area contributed by atoms with Crippen LogP contribution in [0.2, 0.25) is 0 Å². The molecule has 0 aliphatic carbocycles. The SMILES string of the molecule is CCCCCCCCC(CCCCCCC)C(=O)NCCCC. The number of hydrogen-bond donors (Lipinski definition) is 1. The van der Waals surface area contributed by atoms with Crippen molar-refractivity contribution < 1.29 is 4.79 Å². The second-order valence-corrected chi connectivity index (χ2v) is 7.10. The third-order valence-electron chi connectivity index (χ3n) is 4.76. The van der Waals surface area contributed by atoms with Crippen molar-refractivity contribution in [3.05, 3.63) is 0 Å². The maximum absolute atomic E-state index is 12.4. The third-order valence-corrected chi connectivity index (χ3v) is 4.76. The molecule has 138 valence electrons. The van der Waals surface area contributed by atoms with Gasteiger partial charge in [0.1, 0.15) is 0 Å². The number of hydrogen-bond acceptors (Lipinski definition) is 1. The van der Waals surface area contributed by atoms with E-state index in [1.807, 2.05) is 0 Å². The number of carbonyl (C=O) groups excluding carboxylic acids is 1. The minimum Gasteiger partial charge on any atom is -0.356 e. The lowest BCUT2D eigenvalue weighted by molar-refractivity contribution is -0.125. The smallest absolute Gasteiger partial charge is 0.223 e. The second kappa shape index (κ2) is 17.8. The van der Waals surface area contributed by atoms with Crippen LogP contribution in [0, 0.1) is 5.92 Å². The first-order chi connectivity index (χ1) is 11.3. The Balaban J connectivity index is 3.97. The number of rotatable bonds is 17. The van der Waals surface area contributed by atoms with Crippen LogP contribution in [0.15, 0.2) is 0 Å². The lowest BCUT2D eigenvalue weighted by atomic mass is 9.93. The topological polar surface area (TPSA) is 29.1 Å². The number of unbranched alkanes of at least 4 members (excludes halogenated alkanes) is 10. The van der Waals surface area contributed by atoms with Crippen LogP contribution >= 0.6 is 0 Å². The molecule has 0 aromatic heterocycles. The van der Waals surface area contributed by atoms with Crippen molar-refractivity contribution in [1.29, 1.82) is 0 Å². The first kappa shape index (κ1) is 22.5. The summed E-state index contributed by atoms with van der Waals surface area (Å²) in [6, 6.07) is 0. The van der Waals surface area contributed by atoms with Crippen molar-refractivity contribution >= 4 is 5.91 Å². The van der Waals surface area contributed by atoms with E-state index in [0.717, 1.165) is 32.2 Å². The molecule has 0 bridgehead atoms. The summed E-state index contributed by atoms with van der Waals surface area (Å²) in [6.07, 6.45) is 18.8. The van der Waals surface area contributed by atoms with E-state index in [1.165, 1.54) is 70.6 Å². The predicted octanol–water partition coefficient (Wildman–Crippen LogP) is 6.63. The van der Waals surface area contributed by atoms with Crippen LogP contribution in [0.5, 0.6) is 0 Å². The maximum Gasteiger partial charge on any atom is 0.223 e. The molecule has 0 radical (unpaired) electrons. The molecule has 2 nitrogen and oxygen atoms in total. The fourth-order valence-corrected chi connectivity index (χ4v) is 3.10. The van der Waals surface area contributed by atoms with Gasteiger partial charge in [-0.25, -0.2) is 0 Å². The van der Waals surface area contributed by atoms with E-state index in [0.29, 0.717) is 5.91 Å². The van der Waals surface area contributed by atoms with Crippen molar-refractivity contribution in [2.45, 2.75) is 117 Å². The van der Waals surface area contributed by atoms with Crippen LogP contribution < -0.4 is 5.32 Å². The van der Waals surface area contributed by atoms with Gasteiger partial charge in [-0.2, -0.15) is 0 Å². The summed E-state index contributed by atoms with van der Waals surface area (Å²) in [5.74, 6) is 0.585. The van der Waals surface area contributed by atoms with E-state index in [-0.39, 0.29) is 5.92 Å². The number of amides is 1. The van der Waals surface area contributed by atoms with Crippen LogP contribution in [-0.4, -0.2) is 12.5 Å². The molecule has 2 heteroatoms. The van der Waals surface area contributed by atoms with Gasteiger partial charge < -0.3 is 5.32 Å². The van der Waals surface area contributed by atoms with E-state index in [9.17, 15) is 4.79 Å². The summed E-state index contributed by atoms with van der Waals surface area (Å²) in [7, 11) is 0. The Morgan fingerprint density at radius 3 is 1.57 bits per heavy atom. The lowest BCUT2D eigenvalue weighted by Gasteiger charge is -2.17. The van der Waals surface area contributed by atoms with Crippen LogP contribution in [0.4, 0.5) is 0 Å². The monoisotopic (exact) mass is 325 g/mol. The van der Waals surface area contributed by atoms with Crippen molar-refractivity contribution in [1.82, 2.24) is 5.32 Å². The van der Waals surface area contributed by atoms with Gasteiger partial charge in [0.15, 0.2) is 0 Å². The van der Waals surface area contributed by atoms with E-state index >= 15 is 0 Å². The fraction of sp³-hybridized carbons (Fsp3) is 0.952. The highest BCUT2D eigenvalue weighted by Crippen LogP contribution is 2.19. The Morgan fingerprint density at radius 1 is 0.652 bits per heavy atom. The summed E-state index contributed by atoms with van der Waals surface area (Å²) in [5, 5.41) is 3.16. The molecule has 0 heterocycles. The van der Waals surface area contributed by atoms with Gasteiger partial charge in [0.2, 0.25) is 5.91 Å². The predicted molar refractivity (Wildman–Crippen MR) is 103 cm³/mol. The molecule has 1 amide bonds. The molecule has 1 N–H and O–H groups in total. The Bertz CT molecular complexity index is 252. The average Bonchev–Trinajstić information content (AvgIpc) is 2.56. The molecule has 1 unspecified atom stereocenters. The van der Waals surface area contributed by atoms with Crippen LogP contribution in [-0.2, 0) is 4.79 Å². The first-order valence-electron chi connectivity index (χ1n) is 10.5. The van der Waals surface area contributed by atoms with Gasteiger partial charge in [0.05, 0.1) is 0 Å². The van der Waals surface area contributed by atoms with Crippen molar-refractivity contribution in [3.8, 4) is 0 Å². The molecule has 0 aromatic rings. The van der Waals surface area contributed by atoms with Crippen molar-refractivity contribution in [2.75, 3.05) is 6.54 Å². The summed E-state index contributed by atoms with van der Waals surface area (Å²) >= 11 is 0. The van der Waals surface area contributed by atoms with Gasteiger partial charge in [0, 0.05) is 12.5 Å². The standard InChI is InChI=1S/C21H43NO/c1-4-7-10-12-14-16-18-20(17-15-13-11-8-5-2)21(23)22-19-9-6-3/h20H,4-19H2,1-3H3,(H,22,23). The van der Waals surface area contributed by atoms with Crippen LogP contribution in [0.1, 0.15) is 117 Å². The molecule has 0 aromatic carbocycles. The van der Waals surface area contributed by atoms with Crippen LogP contribution in [0.25, 0.3) is 0 Å².